The minimum atomic E-state index is -1.18. The van der Waals surface area contributed by atoms with Gasteiger partial charge in [0.1, 0.15) is 6.04 Å². The lowest BCUT2D eigenvalue weighted by atomic mass is 10.1. The minimum Gasteiger partial charge on any atom is -0.480 e. The van der Waals surface area contributed by atoms with Crippen LogP contribution in [-0.4, -0.2) is 35.6 Å². The summed E-state index contributed by atoms with van der Waals surface area (Å²) >= 11 is 0. The van der Waals surface area contributed by atoms with E-state index in [0.717, 1.165) is 5.56 Å². The number of benzene rings is 1. The van der Waals surface area contributed by atoms with Crippen molar-refractivity contribution >= 4 is 17.8 Å². The Balaban J connectivity index is 2.64. The van der Waals surface area contributed by atoms with E-state index in [-0.39, 0.29) is 19.4 Å². The van der Waals surface area contributed by atoms with Crippen LogP contribution in [0.25, 0.3) is 0 Å². The standard InChI is InChI=1S/C15H19NO5/c1-3-21-13(17)8-7-12(15(19)20)16-14(18)11-6-4-5-10(2)9-11/h4-6,9,12H,3,7-8H2,1-2H3,(H,16,18)(H,19,20)/t12-/m0/s1. The van der Waals surface area contributed by atoms with Gasteiger partial charge in [-0.2, -0.15) is 0 Å². The van der Waals surface area contributed by atoms with E-state index in [2.05, 4.69) is 5.32 Å². The second-order valence-corrected chi connectivity index (χ2v) is 4.58. The molecule has 0 aromatic heterocycles. The van der Waals surface area contributed by atoms with E-state index in [4.69, 9.17) is 9.84 Å². The van der Waals surface area contributed by atoms with Crippen LogP contribution < -0.4 is 5.32 Å². The van der Waals surface area contributed by atoms with Crippen LogP contribution in [0.1, 0.15) is 35.7 Å². The molecule has 2 N–H and O–H groups in total. The van der Waals surface area contributed by atoms with Crippen LogP contribution in [0.4, 0.5) is 0 Å². The van der Waals surface area contributed by atoms with Gasteiger partial charge in [-0.05, 0) is 32.4 Å². The van der Waals surface area contributed by atoms with E-state index in [9.17, 15) is 14.4 Å². The minimum absolute atomic E-state index is 0.00821. The quantitative estimate of drug-likeness (QED) is 0.744. The van der Waals surface area contributed by atoms with Crippen molar-refractivity contribution < 1.29 is 24.2 Å². The zero-order valence-corrected chi connectivity index (χ0v) is 12.1. The molecule has 0 radical (unpaired) electrons. The van der Waals surface area contributed by atoms with Crippen molar-refractivity contribution in [3.63, 3.8) is 0 Å². The van der Waals surface area contributed by atoms with Crippen LogP contribution >= 0.6 is 0 Å². The predicted octanol–water partition coefficient (Wildman–Crippen LogP) is 1.52. The van der Waals surface area contributed by atoms with Crippen LogP contribution in [0.15, 0.2) is 24.3 Å². The van der Waals surface area contributed by atoms with E-state index in [1.165, 1.54) is 0 Å². The van der Waals surface area contributed by atoms with Gasteiger partial charge in [-0.25, -0.2) is 4.79 Å². The number of esters is 1. The Morgan fingerprint density at radius 1 is 1.33 bits per heavy atom. The van der Waals surface area contributed by atoms with Crippen molar-refractivity contribution in [2.75, 3.05) is 6.61 Å². The van der Waals surface area contributed by atoms with Gasteiger partial charge in [0.05, 0.1) is 6.61 Å². The Labute approximate surface area is 123 Å². The van der Waals surface area contributed by atoms with Gasteiger partial charge >= 0.3 is 11.9 Å². The van der Waals surface area contributed by atoms with Crippen LogP contribution in [0.5, 0.6) is 0 Å². The number of aryl methyl sites for hydroxylation is 1. The van der Waals surface area contributed by atoms with Gasteiger partial charge in [0.25, 0.3) is 5.91 Å². The molecular weight excluding hydrogens is 274 g/mol. The summed E-state index contributed by atoms with van der Waals surface area (Å²) in [7, 11) is 0. The molecule has 0 aliphatic heterocycles. The summed E-state index contributed by atoms with van der Waals surface area (Å²) in [6.45, 7) is 3.75. The predicted molar refractivity (Wildman–Crippen MR) is 75.9 cm³/mol. The van der Waals surface area contributed by atoms with Crippen molar-refractivity contribution in [2.45, 2.75) is 32.7 Å². The molecular formula is C15H19NO5. The summed E-state index contributed by atoms with van der Waals surface area (Å²) in [4.78, 5) is 34.4. The molecule has 114 valence electrons. The van der Waals surface area contributed by atoms with Gasteiger partial charge < -0.3 is 15.2 Å². The lowest BCUT2D eigenvalue weighted by molar-refractivity contribution is -0.144. The number of carboxylic acids is 1. The first-order valence-electron chi connectivity index (χ1n) is 6.70. The average molecular weight is 293 g/mol. The molecule has 6 heteroatoms. The largest absolute Gasteiger partial charge is 0.480 e. The van der Waals surface area contributed by atoms with Crippen molar-refractivity contribution in [3.05, 3.63) is 35.4 Å². The maximum absolute atomic E-state index is 12.0. The SMILES string of the molecule is CCOC(=O)CC[C@H](NC(=O)c1cccc(C)c1)C(=O)O. The zero-order valence-electron chi connectivity index (χ0n) is 12.1. The maximum atomic E-state index is 12.0. The van der Waals surface area contributed by atoms with Crippen molar-refractivity contribution in [2.24, 2.45) is 0 Å². The molecule has 0 saturated carbocycles. The lowest BCUT2D eigenvalue weighted by Crippen LogP contribution is -2.41. The summed E-state index contributed by atoms with van der Waals surface area (Å²) in [5, 5.41) is 11.5. The monoisotopic (exact) mass is 293 g/mol. The third-order valence-electron chi connectivity index (χ3n) is 2.83. The van der Waals surface area contributed by atoms with Crippen molar-refractivity contribution in [3.8, 4) is 0 Å². The highest BCUT2D eigenvalue weighted by Gasteiger charge is 2.22. The molecule has 21 heavy (non-hydrogen) atoms. The summed E-state index contributed by atoms with van der Waals surface area (Å²) in [6.07, 6.45) is -0.0649. The number of carboxylic acid groups (broad SMARTS) is 1. The van der Waals surface area contributed by atoms with E-state index >= 15 is 0 Å². The number of hydrogen-bond acceptors (Lipinski definition) is 4. The van der Waals surface area contributed by atoms with Crippen LogP contribution in [-0.2, 0) is 14.3 Å². The molecule has 6 nitrogen and oxygen atoms in total. The zero-order chi connectivity index (χ0) is 15.8. The molecule has 0 spiro atoms. The van der Waals surface area contributed by atoms with Gasteiger partial charge in [0.2, 0.25) is 0 Å². The first-order valence-corrected chi connectivity index (χ1v) is 6.70. The van der Waals surface area contributed by atoms with Gasteiger partial charge in [0, 0.05) is 12.0 Å². The first-order chi connectivity index (χ1) is 9.93. The molecule has 1 atom stereocenters. The fourth-order valence-corrected chi connectivity index (χ4v) is 1.78. The Hall–Kier alpha value is -2.37. The van der Waals surface area contributed by atoms with Gasteiger partial charge in [-0.1, -0.05) is 17.7 Å². The fourth-order valence-electron chi connectivity index (χ4n) is 1.78. The number of ether oxygens (including phenoxy) is 1. The summed E-state index contributed by atoms with van der Waals surface area (Å²) in [6, 6.07) is 5.71. The van der Waals surface area contributed by atoms with E-state index in [0.29, 0.717) is 5.56 Å². The molecule has 1 amide bonds. The molecule has 0 unspecified atom stereocenters. The van der Waals surface area contributed by atoms with E-state index in [1.807, 2.05) is 13.0 Å². The lowest BCUT2D eigenvalue weighted by Gasteiger charge is -2.14. The van der Waals surface area contributed by atoms with Crippen LogP contribution in [0.3, 0.4) is 0 Å². The van der Waals surface area contributed by atoms with Crippen molar-refractivity contribution in [1.82, 2.24) is 5.32 Å². The van der Waals surface area contributed by atoms with Crippen molar-refractivity contribution in [1.29, 1.82) is 0 Å². The number of aliphatic carboxylic acids is 1. The van der Waals surface area contributed by atoms with Gasteiger partial charge in [-0.3, -0.25) is 9.59 Å². The third kappa shape index (κ3) is 5.64. The molecule has 0 aliphatic carbocycles. The molecule has 0 saturated heterocycles. The Bertz CT molecular complexity index is 527. The van der Waals surface area contributed by atoms with Crippen LogP contribution in [0.2, 0.25) is 0 Å². The number of carbonyl (C=O) groups excluding carboxylic acids is 2. The fraction of sp³-hybridized carbons (Fsp3) is 0.400. The summed E-state index contributed by atoms with van der Waals surface area (Å²) in [5.41, 5.74) is 1.29. The number of nitrogens with one attached hydrogen (secondary N) is 1. The topological polar surface area (TPSA) is 92.7 Å². The molecule has 1 rings (SSSR count). The normalized spacial score (nSPS) is 11.5. The molecule has 0 heterocycles. The second-order valence-electron chi connectivity index (χ2n) is 4.58. The summed E-state index contributed by atoms with van der Waals surface area (Å²) < 4.78 is 4.73. The van der Waals surface area contributed by atoms with Gasteiger partial charge in [-0.15, -0.1) is 0 Å². The number of carbonyl (C=O) groups is 3. The van der Waals surface area contributed by atoms with Crippen LogP contribution in [0, 0.1) is 6.92 Å². The second kappa shape index (κ2) is 8.04. The highest BCUT2D eigenvalue weighted by molar-refractivity contribution is 5.96. The first kappa shape index (κ1) is 16.7. The Morgan fingerprint density at radius 2 is 2.05 bits per heavy atom. The molecule has 0 bridgehead atoms. The molecule has 0 fully saturated rings. The smallest absolute Gasteiger partial charge is 0.326 e. The molecule has 1 aromatic carbocycles. The number of rotatable bonds is 7. The third-order valence-corrected chi connectivity index (χ3v) is 2.83. The van der Waals surface area contributed by atoms with E-state index in [1.54, 1.807) is 25.1 Å². The van der Waals surface area contributed by atoms with E-state index < -0.39 is 23.9 Å². The Morgan fingerprint density at radius 3 is 2.62 bits per heavy atom. The number of amides is 1. The van der Waals surface area contributed by atoms with Gasteiger partial charge in [0.15, 0.2) is 0 Å². The highest BCUT2D eigenvalue weighted by atomic mass is 16.5. The Kier molecular flexibility index (Phi) is 6.39. The molecule has 0 aliphatic rings. The summed E-state index contributed by atoms with van der Waals surface area (Å²) in [5.74, 6) is -2.14. The maximum Gasteiger partial charge on any atom is 0.326 e. The molecule has 1 aromatic rings. The highest BCUT2D eigenvalue weighted by Crippen LogP contribution is 2.06. The average Bonchev–Trinajstić information content (AvgIpc) is 2.43. The number of hydrogen-bond donors (Lipinski definition) is 2.